The lowest BCUT2D eigenvalue weighted by molar-refractivity contribution is 0.630. The summed E-state index contributed by atoms with van der Waals surface area (Å²) >= 11 is 6.00. The fourth-order valence-corrected chi connectivity index (χ4v) is 2.28. The first-order valence-corrected chi connectivity index (χ1v) is 7.59. The minimum absolute atomic E-state index is 0.112. The number of hydrogen-bond donors (Lipinski definition) is 0. The minimum Gasteiger partial charge on any atom is -0.208 e. The van der Waals surface area contributed by atoms with Crippen LogP contribution in [0.2, 0.25) is 5.02 Å². The Morgan fingerprint density at radius 2 is 1.23 bits per heavy atom. The van der Waals surface area contributed by atoms with Gasteiger partial charge >= 0.3 is 0 Å². The number of halogens is 2. The smallest absolute Gasteiger partial charge is 0.167 e. The standard InChI is InChI=1S/C21H13ClFN3/c22-16-11-12-18(23)17(13-16)21-25-19(14-7-3-1-4-8-14)24-20(26-21)15-9-5-2-6-10-15/h1-13H/i1D,2D,3D,4D,5D,6D,7D,8D,9D,10D. The number of nitrogens with zero attached hydrogens (tertiary/aromatic N) is 3. The van der Waals surface area contributed by atoms with Gasteiger partial charge in [0.15, 0.2) is 17.5 Å². The Bertz CT molecular complexity index is 1440. The first kappa shape index (κ1) is 8.52. The molecule has 0 radical (unpaired) electrons. The second-order valence-corrected chi connectivity index (χ2v) is 5.37. The summed E-state index contributed by atoms with van der Waals surface area (Å²) in [5.74, 6) is -2.19. The van der Waals surface area contributed by atoms with Gasteiger partial charge < -0.3 is 0 Å². The van der Waals surface area contributed by atoms with Crippen molar-refractivity contribution in [2.24, 2.45) is 0 Å². The van der Waals surface area contributed by atoms with E-state index in [2.05, 4.69) is 15.0 Å². The lowest BCUT2D eigenvalue weighted by atomic mass is 10.1. The lowest BCUT2D eigenvalue weighted by Crippen LogP contribution is -2.01. The zero-order valence-corrected chi connectivity index (χ0v) is 13.6. The van der Waals surface area contributed by atoms with Crippen LogP contribution in [-0.2, 0) is 0 Å². The van der Waals surface area contributed by atoms with Crippen molar-refractivity contribution < 1.29 is 18.1 Å². The molecule has 1 heterocycles. The second-order valence-electron chi connectivity index (χ2n) is 4.93. The highest BCUT2D eigenvalue weighted by Gasteiger charge is 2.15. The summed E-state index contributed by atoms with van der Waals surface area (Å²) in [6, 6.07) is -3.14. The highest BCUT2D eigenvalue weighted by Crippen LogP contribution is 2.27. The Morgan fingerprint density at radius 3 is 1.77 bits per heavy atom. The monoisotopic (exact) mass is 371 g/mol. The van der Waals surface area contributed by atoms with Crippen LogP contribution in [0, 0.1) is 5.82 Å². The molecule has 0 fully saturated rings. The summed E-state index contributed by atoms with van der Waals surface area (Å²) in [5, 5.41) is 0.112. The van der Waals surface area contributed by atoms with Crippen molar-refractivity contribution in [1.82, 2.24) is 15.0 Å². The zero-order chi connectivity index (χ0) is 26.6. The molecule has 0 atom stereocenters. The average molecular weight is 372 g/mol. The van der Waals surface area contributed by atoms with Crippen molar-refractivity contribution in [1.29, 1.82) is 0 Å². The lowest BCUT2D eigenvalue weighted by Gasteiger charge is -2.09. The Hall–Kier alpha value is -3.11. The molecule has 3 aromatic carbocycles. The molecule has 0 spiro atoms. The molecule has 0 aliphatic rings. The van der Waals surface area contributed by atoms with Crippen LogP contribution in [0.3, 0.4) is 0 Å². The average Bonchev–Trinajstić information content (AvgIpc) is 2.85. The molecule has 3 nitrogen and oxygen atoms in total. The van der Waals surface area contributed by atoms with Crippen molar-refractivity contribution in [2.75, 3.05) is 0 Å². The summed E-state index contributed by atoms with van der Waals surface area (Å²) in [5.41, 5.74) is -1.13. The number of hydrogen-bond acceptors (Lipinski definition) is 3. The maximum atomic E-state index is 14.7. The fourth-order valence-electron chi connectivity index (χ4n) is 2.11. The van der Waals surface area contributed by atoms with Crippen LogP contribution >= 0.6 is 11.6 Å². The fraction of sp³-hybridized carbons (Fsp3) is 0. The van der Waals surface area contributed by atoms with E-state index in [4.69, 9.17) is 25.3 Å². The summed E-state index contributed by atoms with van der Waals surface area (Å²) in [6.45, 7) is 0. The number of benzene rings is 3. The van der Waals surface area contributed by atoms with E-state index < -0.39 is 94.8 Å². The van der Waals surface area contributed by atoms with Crippen LogP contribution < -0.4 is 0 Å². The molecule has 0 saturated carbocycles. The molecule has 0 saturated heterocycles. The third kappa shape index (κ3) is 3.32. The molecule has 4 rings (SSSR count). The quantitative estimate of drug-likeness (QED) is 0.466. The van der Waals surface area contributed by atoms with Gasteiger partial charge in [0.2, 0.25) is 0 Å². The van der Waals surface area contributed by atoms with Crippen LogP contribution in [0.1, 0.15) is 13.7 Å². The second kappa shape index (κ2) is 7.02. The summed E-state index contributed by atoms with van der Waals surface area (Å²) < 4.78 is 95.1. The largest absolute Gasteiger partial charge is 0.208 e. The van der Waals surface area contributed by atoms with E-state index in [1.165, 1.54) is 12.1 Å². The molecule has 5 heteroatoms. The van der Waals surface area contributed by atoms with Crippen molar-refractivity contribution in [3.8, 4) is 34.2 Å². The molecule has 0 N–H and O–H groups in total. The van der Waals surface area contributed by atoms with E-state index in [0.717, 1.165) is 6.07 Å². The third-order valence-electron chi connectivity index (χ3n) is 3.25. The molecule has 0 bridgehead atoms. The van der Waals surface area contributed by atoms with Gasteiger partial charge in [-0.3, -0.25) is 0 Å². The van der Waals surface area contributed by atoms with Gasteiger partial charge in [-0.05, 0) is 18.2 Å². The van der Waals surface area contributed by atoms with E-state index >= 15 is 0 Å². The van der Waals surface area contributed by atoms with Gasteiger partial charge in [-0.1, -0.05) is 72.0 Å². The van der Waals surface area contributed by atoms with Crippen molar-refractivity contribution >= 4 is 11.6 Å². The first-order chi connectivity index (χ1) is 16.8. The van der Waals surface area contributed by atoms with Crippen molar-refractivity contribution in [3.63, 3.8) is 0 Å². The molecule has 1 aromatic heterocycles. The maximum Gasteiger partial charge on any atom is 0.167 e. The Morgan fingerprint density at radius 1 is 0.731 bits per heavy atom. The summed E-state index contributed by atoms with van der Waals surface area (Å²) in [6.07, 6.45) is 0. The molecular weight excluding hydrogens is 349 g/mol. The maximum absolute atomic E-state index is 14.7. The normalized spacial score (nSPS) is 16.1. The van der Waals surface area contributed by atoms with Crippen LogP contribution in [-0.4, -0.2) is 15.0 Å². The highest BCUT2D eigenvalue weighted by atomic mass is 35.5. The minimum atomic E-state index is -0.815. The molecule has 0 aliphatic heterocycles. The van der Waals surface area contributed by atoms with Gasteiger partial charge in [0.25, 0.3) is 0 Å². The Labute approximate surface area is 169 Å². The first-order valence-electron chi connectivity index (χ1n) is 12.2. The van der Waals surface area contributed by atoms with Crippen molar-refractivity contribution in [2.45, 2.75) is 0 Å². The number of rotatable bonds is 3. The number of aromatic nitrogens is 3. The van der Waals surface area contributed by atoms with Crippen LogP contribution in [0.5, 0.6) is 0 Å². The molecule has 4 aromatic rings. The van der Waals surface area contributed by atoms with Gasteiger partial charge in [0.05, 0.1) is 19.3 Å². The third-order valence-corrected chi connectivity index (χ3v) is 3.49. The SMILES string of the molecule is [2H]c1c([2H])c([2H])c(-c2nc(-c3cc(Cl)ccc3F)nc(-c3c([2H])c([2H])c([2H])c([2H])c3[2H])n2)c([2H])c1[2H]. The molecule has 0 unspecified atom stereocenters. The van der Waals surface area contributed by atoms with Crippen LogP contribution in [0.4, 0.5) is 4.39 Å². The van der Waals surface area contributed by atoms with Crippen LogP contribution in [0.25, 0.3) is 34.2 Å². The topological polar surface area (TPSA) is 38.7 Å². The van der Waals surface area contributed by atoms with E-state index in [0.29, 0.717) is 0 Å². The predicted octanol–water partition coefficient (Wildman–Crippen LogP) is 5.67. The van der Waals surface area contributed by atoms with E-state index in [9.17, 15) is 4.39 Å². The van der Waals surface area contributed by atoms with E-state index in [1.807, 2.05) is 0 Å². The summed E-state index contributed by atoms with van der Waals surface area (Å²) in [7, 11) is 0. The molecule has 0 amide bonds. The van der Waals surface area contributed by atoms with Crippen LogP contribution in [0.15, 0.2) is 78.6 Å². The Balaban J connectivity index is 2.16. The molecule has 26 heavy (non-hydrogen) atoms. The Kier molecular flexibility index (Phi) is 2.30. The van der Waals surface area contributed by atoms with Crippen molar-refractivity contribution in [3.05, 3.63) is 89.5 Å². The highest BCUT2D eigenvalue weighted by molar-refractivity contribution is 6.30. The molecular formula is C21H13ClFN3. The van der Waals surface area contributed by atoms with E-state index in [1.54, 1.807) is 0 Å². The molecule has 126 valence electrons. The summed E-state index contributed by atoms with van der Waals surface area (Å²) in [4.78, 5) is 12.3. The van der Waals surface area contributed by atoms with Gasteiger partial charge in [0, 0.05) is 16.1 Å². The van der Waals surface area contributed by atoms with Gasteiger partial charge in [-0.15, -0.1) is 0 Å². The van der Waals surface area contributed by atoms with E-state index in [-0.39, 0.29) is 10.6 Å². The predicted molar refractivity (Wildman–Crippen MR) is 101 cm³/mol. The van der Waals surface area contributed by atoms with Gasteiger partial charge in [-0.2, -0.15) is 0 Å². The van der Waals surface area contributed by atoms with Gasteiger partial charge in [0.1, 0.15) is 5.82 Å². The zero-order valence-electron chi connectivity index (χ0n) is 22.8. The molecule has 0 aliphatic carbocycles. The van der Waals surface area contributed by atoms with Gasteiger partial charge in [-0.25, -0.2) is 19.3 Å².